The van der Waals surface area contributed by atoms with Gasteiger partial charge in [-0.2, -0.15) is 0 Å². The summed E-state index contributed by atoms with van der Waals surface area (Å²) < 4.78 is 16.4. The first-order valence-electron chi connectivity index (χ1n) is 7.22. The van der Waals surface area contributed by atoms with Gasteiger partial charge in [0.15, 0.2) is 11.5 Å². The van der Waals surface area contributed by atoms with Crippen molar-refractivity contribution in [1.82, 2.24) is 5.32 Å². The predicted octanol–water partition coefficient (Wildman–Crippen LogP) is 2.79. The number of hydrogen-bond donors (Lipinski definition) is 1. The minimum Gasteiger partial charge on any atom is -0.493 e. The summed E-state index contributed by atoms with van der Waals surface area (Å²) in [5.41, 5.74) is 1.36. The van der Waals surface area contributed by atoms with Gasteiger partial charge >= 0.3 is 0 Å². The third-order valence-corrected chi connectivity index (χ3v) is 4.32. The molecule has 112 valence electrons. The van der Waals surface area contributed by atoms with Crippen LogP contribution in [0.15, 0.2) is 12.1 Å². The molecule has 0 bridgehead atoms. The van der Waals surface area contributed by atoms with Crippen LogP contribution in [0.1, 0.15) is 31.7 Å². The molecule has 1 aliphatic rings. The molecule has 1 aromatic carbocycles. The predicted molar refractivity (Wildman–Crippen MR) is 80.1 cm³/mol. The van der Waals surface area contributed by atoms with Crippen LogP contribution in [0.2, 0.25) is 0 Å². The van der Waals surface area contributed by atoms with Crippen LogP contribution in [0.5, 0.6) is 17.2 Å². The van der Waals surface area contributed by atoms with E-state index in [-0.39, 0.29) is 5.54 Å². The third-order valence-electron chi connectivity index (χ3n) is 4.32. The fraction of sp³-hybridized carbons (Fsp3) is 0.625. The quantitative estimate of drug-likeness (QED) is 0.869. The first kappa shape index (κ1) is 15.0. The highest BCUT2D eigenvalue weighted by Crippen LogP contribution is 2.42. The molecule has 2 rings (SSSR count). The molecular formula is C16H25NO3. The molecule has 0 amide bonds. The molecule has 1 aromatic rings. The molecule has 1 atom stereocenters. The average molecular weight is 279 g/mol. The second-order valence-corrected chi connectivity index (χ2v) is 5.33. The summed E-state index contributed by atoms with van der Waals surface area (Å²) in [4.78, 5) is 0. The van der Waals surface area contributed by atoms with E-state index in [9.17, 15) is 0 Å². The molecule has 0 radical (unpaired) electrons. The minimum atomic E-state index is 0.187. The largest absolute Gasteiger partial charge is 0.493 e. The van der Waals surface area contributed by atoms with Crippen molar-refractivity contribution in [2.24, 2.45) is 0 Å². The standard InChI is InChI=1S/C16H25NO3/c1-5-16(9-6-10-17-16)11-12-7-8-13(18-2)15(20-4)14(12)19-3/h7-8,17H,5-6,9-11H2,1-4H3. The van der Waals surface area contributed by atoms with E-state index in [2.05, 4.69) is 18.3 Å². The lowest BCUT2D eigenvalue weighted by Crippen LogP contribution is -2.41. The Bertz CT molecular complexity index is 453. The Morgan fingerprint density at radius 2 is 1.85 bits per heavy atom. The Morgan fingerprint density at radius 3 is 2.35 bits per heavy atom. The molecule has 1 unspecified atom stereocenters. The summed E-state index contributed by atoms with van der Waals surface area (Å²) in [6.07, 6.45) is 4.52. The SMILES string of the molecule is CCC1(Cc2ccc(OC)c(OC)c2OC)CCCN1. The zero-order valence-electron chi connectivity index (χ0n) is 12.9. The molecule has 4 nitrogen and oxygen atoms in total. The van der Waals surface area contributed by atoms with Crippen LogP contribution in [-0.2, 0) is 6.42 Å². The Morgan fingerprint density at radius 1 is 1.10 bits per heavy atom. The number of nitrogens with one attached hydrogen (secondary N) is 1. The van der Waals surface area contributed by atoms with E-state index >= 15 is 0 Å². The van der Waals surface area contributed by atoms with Crippen molar-refractivity contribution in [2.45, 2.75) is 38.1 Å². The van der Waals surface area contributed by atoms with Crippen molar-refractivity contribution in [3.05, 3.63) is 17.7 Å². The van der Waals surface area contributed by atoms with Crippen molar-refractivity contribution in [3.8, 4) is 17.2 Å². The zero-order chi connectivity index (χ0) is 14.6. The number of rotatable bonds is 6. The van der Waals surface area contributed by atoms with Crippen LogP contribution in [0.4, 0.5) is 0 Å². The lowest BCUT2D eigenvalue weighted by molar-refractivity contribution is 0.313. The number of hydrogen-bond acceptors (Lipinski definition) is 4. The third kappa shape index (κ3) is 2.70. The molecule has 0 saturated carbocycles. The fourth-order valence-electron chi connectivity index (χ4n) is 3.11. The van der Waals surface area contributed by atoms with Gasteiger partial charge in [-0.05, 0) is 38.3 Å². The van der Waals surface area contributed by atoms with Crippen molar-refractivity contribution in [1.29, 1.82) is 0 Å². The summed E-state index contributed by atoms with van der Waals surface area (Å²) >= 11 is 0. The molecule has 0 spiro atoms. The van der Waals surface area contributed by atoms with Crippen LogP contribution in [0.25, 0.3) is 0 Å². The molecule has 4 heteroatoms. The number of benzene rings is 1. The van der Waals surface area contributed by atoms with Crippen LogP contribution in [0.3, 0.4) is 0 Å². The second kappa shape index (κ2) is 6.35. The summed E-state index contributed by atoms with van der Waals surface area (Å²) in [7, 11) is 4.97. The monoisotopic (exact) mass is 279 g/mol. The number of methoxy groups -OCH3 is 3. The van der Waals surface area contributed by atoms with Crippen molar-refractivity contribution < 1.29 is 14.2 Å². The maximum Gasteiger partial charge on any atom is 0.203 e. The first-order chi connectivity index (χ1) is 9.69. The first-order valence-corrected chi connectivity index (χ1v) is 7.22. The fourth-order valence-corrected chi connectivity index (χ4v) is 3.11. The normalized spacial score (nSPS) is 21.8. The average Bonchev–Trinajstić information content (AvgIpc) is 2.95. The van der Waals surface area contributed by atoms with Gasteiger partial charge < -0.3 is 19.5 Å². The van der Waals surface area contributed by atoms with E-state index < -0.39 is 0 Å². The molecule has 0 aromatic heterocycles. The molecular weight excluding hydrogens is 254 g/mol. The van der Waals surface area contributed by atoms with Crippen LogP contribution in [-0.4, -0.2) is 33.4 Å². The maximum absolute atomic E-state index is 5.58. The van der Waals surface area contributed by atoms with E-state index in [0.29, 0.717) is 11.5 Å². The van der Waals surface area contributed by atoms with Gasteiger partial charge in [0.05, 0.1) is 21.3 Å². The Balaban J connectivity index is 2.36. The molecule has 1 saturated heterocycles. The smallest absolute Gasteiger partial charge is 0.203 e. The van der Waals surface area contributed by atoms with Crippen LogP contribution >= 0.6 is 0 Å². The summed E-state index contributed by atoms with van der Waals surface area (Å²) in [5.74, 6) is 2.17. The highest BCUT2D eigenvalue weighted by Gasteiger charge is 2.33. The van der Waals surface area contributed by atoms with Crippen LogP contribution in [0, 0.1) is 0 Å². The van der Waals surface area contributed by atoms with E-state index in [4.69, 9.17) is 14.2 Å². The molecule has 1 aliphatic heterocycles. The van der Waals surface area contributed by atoms with E-state index in [1.165, 1.54) is 18.4 Å². The zero-order valence-corrected chi connectivity index (χ0v) is 12.9. The van der Waals surface area contributed by atoms with Gasteiger partial charge in [0.25, 0.3) is 0 Å². The number of ether oxygens (including phenoxy) is 3. The topological polar surface area (TPSA) is 39.7 Å². The summed E-state index contributed by atoms with van der Waals surface area (Å²) in [6.45, 7) is 3.34. The van der Waals surface area contributed by atoms with Gasteiger partial charge in [-0.25, -0.2) is 0 Å². The highest BCUT2D eigenvalue weighted by atomic mass is 16.5. The van der Waals surface area contributed by atoms with Crippen LogP contribution < -0.4 is 19.5 Å². The van der Waals surface area contributed by atoms with E-state index in [1.807, 2.05) is 6.07 Å². The summed E-state index contributed by atoms with van der Waals surface area (Å²) in [5, 5.41) is 3.66. The van der Waals surface area contributed by atoms with Crippen molar-refractivity contribution in [2.75, 3.05) is 27.9 Å². The second-order valence-electron chi connectivity index (χ2n) is 5.33. The van der Waals surface area contributed by atoms with E-state index in [0.717, 1.165) is 25.1 Å². The summed E-state index contributed by atoms with van der Waals surface area (Å²) in [6, 6.07) is 4.03. The van der Waals surface area contributed by atoms with Crippen molar-refractivity contribution >= 4 is 0 Å². The van der Waals surface area contributed by atoms with Gasteiger partial charge in [0, 0.05) is 11.1 Å². The highest BCUT2D eigenvalue weighted by molar-refractivity contribution is 5.56. The molecule has 1 N–H and O–H groups in total. The van der Waals surface area contributed by atoms with Gasteiger partial charge in [0.1, 0.15) is 0 Å². The Kier molecular flexibility index (Phi) is 4.76. The van der Waals surface area contributed by atoms with E-state index in [1.54, 1.807) is 21.3 Å². The lowest BCUT2D eigenvalue weighted by Gasteiger charge is -2.29. The molecule has 20 heavy (non-hydrogen) atoms. The van der Waals surface area contributed by atoms with Crippen molar-refractivity contribution in [3.63, 3.8) is 0 Å². The van der Waals surface area contributed by atoms with Gasteiger partial charge in [0.2, 0.25) is 5.75 Å². The van der Waals surface area contributed by atoms with Gasteiger partial charge in [-0.15, -0.1) is 0 Å². The Labute approximate surface area is 121 Å². The molecule has 1 fully saturated rings. The van der Waals surface area contributed by atoms with Gasteiger partial charge in [-0.1, -0.05) is 13.0 Å². The van der Waals surface area contributed by atoms with Gasteiger partial charge in [-0.3, -0.25) is 0 Å². The molecule has 0 aliphatic carbocycles. The lowest BCUT2D eigenvalue weighted by atomic mass is 9.86. The minimum absolute atomic E-state index is 0.187. The molecule has 1 heterocycles. The maximum atomic E-state index is 5.58. The Hall–Kier alpha value is -1.42.